The number of ether oxygens (including phenoxy) is 7. The lowest BCUT2D eigenvalue weighted by atomic mass is 9.98. The third-order valence-corrected chi connectivity index (χ3v) is 8.02. The first-order valence-electron chi connectivity index (χ1n) is 16.0. The average molecular weight is 665 g/mol. The monoisotopic (exact) mass is 664 g/mol. The molecule has 2 aliphatic heterocycles. The quantitative estimate of drug-likeness (QED) is 0.0705. The van der Waals surface area contributed by atoms with Crippen LogP contribution < -0.4 is 0 Å². The normalized spacial score (nSPS) is 24.3. The maximum atomic E-state index is 13.6. The second-order valence-corrected chi connectivity index (χ2v) is 11.4. The molecule has 2 fully saturated rings. The van der Waals surface area contributed by atoms with E-state index in [0.29, 0.717) is 24.0 Å². The molecule has 0 radical (unpaired) electrons. The van der Waals surface area contributed by atoms with E-state index in [-0.39, 0.29) is 24.3 Å². The maximum Gasteiger partial charge on any atom is 0.338 e. The van der Waals surface area contributed by atoms with Crippen molar-refractivity contribution in [1.82, 2.24) is 0 Å². The molecule has 10 nitrogen and oxygen atoms in total. The zero-order chi connectivity index (χ0) is 34.1. The van der Waals surface area contributed by atoms with Gasteiger partial charge in [-0.25, -0.2) is 14.4 Å². The van der Waals surface area contributed by atoms with Gasteiger partial charge in [0.1, 0.15) is 12.7 Å². The number of hydrogen-bond acceptors (Lipinski definition) is 10. The van der Waals surface area contributed by atoms with Gasteiger partial charge in [0.05, 0.1) is 23.3 Å². The van der Waals surface area contributed by atoms with Crippen molar-refractivity contribution >= 4 is 17.9 Å². The number of hydrogen-bond donors (Lipinski definition) is 0. The molecule has 6 atom stereocenters. The number of carbonyl (C=O) groups is 3. The molecule has 0 bridgehead atoms. The van der Waals surface area contributed by atoms with Gasteiger partial charge < -0.3 is 28.4 Å². The highest BCUT2D eigenvalue weighted by molar-refractivity contribution is 5.91. The van der Waals surface area contributed by atoms with Crippen molar-refractivity contribution in [3.63, 3.8) is 0 Å². The summed E-state index contributed by atoms with van der Waals surface area (Å²) < 4.78 is 43.5. The van der Waals surface area contributed by atoms with Crippen LogP contribution in [0.3, 0.4) is 0 Å². The number of fused-ring (bicyclic) bond motifs is 1. The number of benzene rings is 4. The Bertz CT molecular complexity index is 1700. The summed E-state index contributed by atoms with van der Waals surface area (Å²) in [5, 5.41) is 0. The number of unbranched alkanes of at least 4 members (excludes halogenated alkanes) is 1. The van der Waals surface area contributed by atoms with E-state index in [2.05, 4.69) is 6.58 Å². The Labute approximate surface area is 284 Å². The van der Waals surface area contributed by atoms with Crippen LogP contribution in [-0.4, -0.2) is 61.8 Å². The Morgan fingerprint density at radius 3 is 1.73 bits per heavy atom. The summed E-state index contributed by atoms with van der Waals surface area (Å²) in [5.41, 5.74) is 1.37. The van der Waals surface area contributed by atoms with E-state index in [9.17, 15) is 14.4 Å². The van der Waals surface area contributed by atoms with Crippen LogP contribution in [0.4, 0.5) is 0 Å². The van der Waals surface area contributed by atoms with Crippen LogP contribution >= 0.6 is 0 Å². The van der Waals surface area contributed by atoms with E-state index in [0.717, 1.165) is 0 Å². The van der Waals surface area contributed by atoms with Gasteiger partial charge in [0.25, 0.3) is 0 Å². The fraction of sp³-hybridized carbons (Fsp3) is 0.256. The second-order valence-electron chi connectivity index (χ2n) is 11.4. The Morgan fingerprint density at radius 2 is 1.18 bits per heavy atom. The molecule has 49 heavy (non-hydrogen) atoms. The van der Waals surface area contributed by atoms with Crippen molar-refractivity contribution in [1.29, 1.82) is 0 Å². The zero-order valence-corrected chi connectivity index (χ0v) is 26.6. The molecule has 4 aromatic carbocycles. The minimum Gasteiger partial charge on any atom is -0.459 e. The summed E-state index contributed by atoms with van der Waals surface area (Å²) in [6.45, 7) is 3.64. The summed E-state index contributed by atoms with van der Waals surface area (Å²) >= 11 is 0. The zero-order valence-electron chi connectivity index (χ0n) is 26.6. The summed E-state index contributed by atoms with van der Waals surface area (Å²) in [4.78, 5) is 40.2. The molecule has 0 aromatic heterocycles. The standard InChI is InChI=1S/C39H36O10/c1-2-3-16-25-44-39(30-23-14-7-15-24-30)48-34-33(47-37(42)29-21-12-6-13-22-29)32(46-36(41)28-19-10-5-11-20-28)31(45-38(34)49-39)26-43-35(40)27-17-8-4-9-18-27/h2,4-15,17-24,31-34,38H,1,3,16,25-26H2/t31-,32-,33+,34+,38-,39?/m1/s1. The molecule has 0 N–H and O–H groups in total. The van der Waals surface area contributed by atoms with Crippen molar-refractivity contribution < 1.29 is 47.5 Å². The van der Waals surface area contributed by atoms with E-state index < -0.39 is 54.6 Å². The van der Waals surface area contributed by atoms with Gasteiger partial charge in [-0.15, -0.1) is 6.58 Å². The largest absolute Gasteiger partial charge is 0.459 e. The van der Waals surface area contributed by atoms with Crippen molar-refractivity contribution in [3.8, 4) is 0 Å². The Kier molecular flexibility index (Phi) is 10.9. The van der Waals surface area contributed by atoms with Gasteiger partial charge in [0.2, 0.25) is 0 Å². The number of carbonyl (C=O) groups excluding carboxylic acids is 3. The second kappa shape index (κ2) is 15.8. The Hall–Kier alpha value is -5.13. The first kappa shape index (κ1) is 33.8. The molecule has 0 aliphatic carbocycles. The Morgan fingerprint density at radius 1 is 0.673 bits per heavy atom. The number of esters is 3. The molecule has 2 aliphatic rings. The number of allylic oxidation sites excluding steroid dienone is 1. The van der Waals surface area contributed by atoms with E-state index >= 15 is 0 Å². The van der Waals surface area contributed by atoms with Gasteiger partial charge in [-0.3, -0.25) is 4.74 Å². The lowest BCUT2D eigenvalue weighted by Crippen LogP contribution is -2.60. The fourth-order valence-corrected chi connectivity index (χ4v) is 5.58. The SMILES string of the molecule is C=CCCCOC1(c2ccccc2)O[C@H]2O[C@H](COC(=O)c3ccccc3)[C@@H](OC(=O)c3ccccc3)[C@H](OC(=O)c3ccccc3)[C@@H]2O1. The first-order chi connectivity index (χ1) is 24.0. The van der Waals surface area contributed by atoms with Crippen LogP contribution in [0.2, 0.25) is 0 Å². The third-order valence-electron chi connectivity index (χ3n) is 8.02. The topological polar surface area (TPSA) is 116 Å². The predicted molar refractivity (Wildman–Crippen MR) is 176 cm³/mol. The summed E-state index contributed by atoms with van der Waals surface area (Å²) in [7, 11) is 0. The third kappa shape index (κ3) is 7.96. The highest BCUT2D eigenvalue weighted by atomic mass is 16.9. The van der Waals surface area contributed by atoms with Crippen LogP contribution in [0.15, 0.2) is 134 Å². The van der Waals surface area contributed by atoms with E-state index in [4.69, 9.17) is 33.2 Å². The van der Waals surface area contributed by atoms with Crippen LogP contribution in [0.1, 0.15) is 49.5 Å². The van der Waals surface area contributed by atoms with Gasteiger partial charge >= 0.3 is 23.9 Å². The maximum absolute atomic E-state index is 13.6. The number of rotatable bonds is 13. The molecule has 4 aromatic rings. The summed E-state index contributed by atoms with van der Waals surface area (Å²) in [6, 6.07) is 34.2. The van der Waals surface area contributed by atoms with Crippen LogP contribution in [0, 0.1) is 0 Å². The van der Waals surface area contributed by atoms with Crippen molar-refractivity contribution in [2.75, 3.05) is 13.2 Å². The first-order valence-corrected chi connectivity index (χ1v) is 16.0. The molecule has 0 spiro atoms. The molecule has 0 amide bonds. The molecular formula is C39H36O10. The average Bonchev–Trinajstić information content (AvgIpc) is 3.54. The van der Waals surface area contributed by atoms with E-state index in [1.807, 2.05) is 18.2 Å². The predicted octanol–water partition coefficient (Wildman–Crippen LogP) is 6.23. The lowest BCUT2D eigenvalue weighted by Gasteiger charge is -2.41. The molecule has 252 valence electrons. The highest BCUT2D eigenvalue weighted by Gasteiger charge is 2.62. The van der Waals surface area contributed by atoms with Gasteiger partial charge in [-0.1, -0.05) is 91.0 Å². The summed E-state index contributed by atoms with van der Waals surface area (Å²) in [5.74, 6) is -3.79. The molecule has 2 heterocycles. The van der Waals surface area contributed by atoms with E-state index in [1.165, 1.54) is 0 Å². The minimum atomic E-state index is -1.77. The minimum absolute atomic E-state index is 0.235. The van der Waals surface area contributed by atoms with Crippen molar-refractivity contribution in [2.24, 2.45) is 0 Å². The smallest absolute Gasteiger partial charge is 0.338 e. The molecule has 1 unspecified atom stereocenters. The molecule has 0 saturated carbocycles. The molecule has 2 saturated heterocycles. The molecule has 6 rings (SSSR count). The van der Waals surface area contributed by atoms with Gasteiger partial charge in [-0.05, 0) is 49.2 Å². The van der Waals surface area contributed by atoms with Gasteiger partial charge in [0, 0.05) is 5.56 Å². The highest BCUT2D eigenvalue weighted by Crippen LogP contribution is 2.45. The molecule has 10 heteroatoms. The van der Waals surface area contributed by atoms with Crippen LogP contribution in [0.5, 0.6) is 0 Å². The fourth-order valence-electron chi connectivity index (χ4n) is 5.58. The van der Waals surface area contributed by atoms with Crippen molar-refractivity contribution in [2.45, 2.75) is 49.5 Å². The Balaban J connectivity index is 1.37. The van der Waals surface area contributed by atoms with Crippen LogP contribution in [0.25, 0.3) is 0 Å². The van der Waals surface area contributed by atoms with Crippen molar-refractivity contribution in [3.05, 3.63) is 156 Å². The van der Waals surface area contributed by atoms with Gasteiger partial charge in [-0.2, -0.15) is 0 Å². The van der Waals surface area contributed by atoms with Gasteiger partial charge in [0.15, 0.2) is 24.6 Å². The molecular weight excluding hydrogens is 628 g/mol. The van der Waals surface area contributed by atoms with Crippen LogP contribution in [-0.2, 0) is 39.1 Å². The van der Waals surface area contributed by atoms with E-state index in [1.54, 1.807) is 109 Å². The lowest BCUT2D eigenvalue weighted by molar-refractivity contribution is -0.367. The summed E-state index contributed by atoms with van der Waals surface area (Å²) in [6.07, 6.45) is -2.97.